The number of carbonyl (C=O) groups excluding carboxylic acids is 1. The van der Waals surface area contributed by atoms with Gasteiger partial charge in [-0.25, -0.2) is 0 Å². The molecule has 3 heteroatoms. The van der Waals surface area contributed by atoms with E-state index < -0.39 is 0 Å². The van der Waals surface area contributed by atoms with Crippen molar-refractivity contribution in [2.24, 2.45) is 0 Å². The van der Waals surface area contributed by atoms with E-state index in [2.05, 4.69) is 17.4 Å². The molecule has 1 amide bonds. The molecular weight excluding hydrogens is 226 g/mol. The summed E-state index contributed by atoms with van der Waals surface area (Å²) < 4.78 is 5.22. The van der Waals surface area contributed by atoms with Crippen molar-refractivity contribution in [1.29, 1.82) is 0 Å². The molecule has 1 N–H and O–H groups in total. The molecule has 0 aliphatic rings. The van der Waals surface area contributed by atoms with E-state index in [0.29, 0.717) is 0 Å². The van der Waals surface area contributed by atoms with Crippen molar-refractivity contribution >= 4 is 16.7 Å². The van der Waals surface area contributed by atoms with Gasteiger partial charge in [-0.05, 0) is 41.5 Å². The minimum atomic E-state index is -0.0201. The standard InChI is InChI=1S/C15H17NO2/c1-10(16-11(2)17)13-5-4-12-6-7-15(18-3)9-14(12)8-13/h4-10H,1-3H3,(H,16,17). The Balaban J connectivity index is 2.38. The molecule has 3 nitrogen and oxygen atoms in total. The lowest BCUT2D eigenvalue weighted by Gasteiger charge is -2.13. The Morgan fingerprint density at radius 3 is 2.56 bits per heavy atom. The maximum absolute atomic E-state index is 11.1. The Kier molecular flexibility index (Phi) is 3.51. The monoisotopic (exact) mass is 243 g/mol. The van der Waals surface area contributed by atoms with Gasteiger partial charge in [-0.15, -0.1) is 0 Å². The van der Waals surface area contributed by atoms with Crippen LogP contribution in [0.4, 0.5) is 0 Å². The number of benzene rings is 2. The van der Waals surface area contributed by atoms with Crippen LogP contribution in [-0.2, 0) is 4.79 Å². The number of amides is 1. The molecular formula is C15H17NO2. The summed E-state index contributed by atoms with van der Waals surface area (Å²) in [6.07, 6.45) is 0. The van der Waals surface area contributed by atoms with Crippen LogP contribution in [-0.4, -0.2) is 13.0 Å². The number of ether oxygens (including phenoxy) is 1. The third-order valence-electron chi connectivity index (χ3n) is 2.99. The van der Waals surface area contributed by atoms with Crippen molar-refractivity contribution in [3.05, 3.63) is 42.0 Å². The number of rotatable bonds is 3. The lowest BCUT2D eigenvalue weighted by molar-refractivity contribution is -0.119. The highest BCUT2D eigenvalue weighted by Gasteiger charge is 2.07. The summed E-state index contributed by atoms with van der Waals surface area (Å²) in [4.78, 5) is 11.1. The number of nitrogens with one attached hydrogen (secondary N) is 1. The molecule has 0 saturated heterocycles. The van der Waals surface area contributed by atoms with Crippen LogP contribution in [0.2, 0.25) is 0 Å². The van der Waals surface area contributed by atoms with Gasteiger partial charge in [-0.3, -0.25) is 4.79 Å². The van der Waals surface area contributed by atoms with E-state index in [-0.39, 0.29) is 11.9 Å². The Morgan fingerprint density at radius 1 is 1.17 bits per heavy atom. The molecule has 0 heterocycles. The van der Waals surface area contributed by atoms with Gasteiger partial charge < -0.3 is 10.1 Å². The fourth-order valence-corrected chi connectivity index (χ4v) is 2.03. The molecule has 94 valence electrons. The van der Waals surface area contributed by atoms with Gasteiger partial charge in [0.2, 0.25) is 5.91 Å². The third kappa shape index (κ3) is 2.62. The van der Waals surface area contributed by atoms with Gasteiger partial charge in [0.1, 0.15) is 5.75 Å². The van der Waals surface area contributed by atoms with Gasteiger partial charge >= 0.3 is 0 Å². The van der Waals surface area contributed by atoms with Gasteiger partial charge in [0.05, 0.1) is 13.2 Å². The highest BCUT2D eigenvalue weighted by molar-refractivity contribution is 5.84. The number of hydrogen-bond acceptors (Lipinski definition) is 2. The van der Waals surface area contributed by atoms with E-state index in [1.54, 1.807) is 7.11 Å². The molecule has 2 aromatic rings. The zero-order valence-corrected chi connectivity index (χ0v) is 10.9. The molecule has 2 aromatic carbocycles. The third-order valence-corrected chi connectivity index (χ3v) is 2.99. The Morgan fingerprint density at radius 2 is 1.89 bits per heavy atom. The largest absolute Gasteiger partial charge is 0.497 e. The lowest BCUT2D eigenvalue weighted by Crippen LogP contribution is -2.23. The first-order valence-corrected chi connectivity index (χ1v) is 5.95. The second kappa shape index (κ2) is 5.08. The van der Waals surface area contributed by atoms with Crippen molar-refractivity contribution in [3.63, 3.8) is 0 Å². The number of fused-ring (bicyclic) bond motifs is 1. The molecule has 0 saturated carbocycles. The summed E-state index contributed by atoms with van der Waals surface area (Å²) in [5, 5.41) is 5.16. The van der Waals surface area contributed by atoms with Crippen LogP contribution in [0.5, 0.6) is 5.75 Å². The fourth-order valence-electron chi connectivity index (χ4n) is 2.03. The predicted octanol–water partition coefficient (Wildman–Crippen LogP) is 3.05. The minimum Gasteiger partial charge on any atom is -0.497 e. The minimum absolute atomic E-state index is 0.0121. The van der Waals surface area contributed by atoms with Crippen molar-refractivity contribution in [2.45, 2.75) is 19.9 Å². The molecule has 0 radical (unpaired) electrons. The smallest absolute Gasteiger partial charge is 0.217 e. The number of carbonyl (C=O) groups is 1. The van der Waals surface area contributed by atoms with E-state index in [0.717, 1.165) is 22.1 Å². The second-order valence-electron chi connectivity index (χ2n) is 4.39. The molecule has 18 heavy (non-hydrogen) atoms. The van der Waals surface area contributed by atoms with E-state index in [4.69, 9.17) is 4.74 Å². The van der Waals surface area contributed by atoms with Crippen molar-refractivity contribution in [1.82, 2.24) is 5.32 Å². The quantitative estimate of drug-likeness (QED) is 0.899. The maximum atomic E-state index is 11.1. The average molecular weight is 243 g/mol. The summed E-state index contributed by atoms with van der Waals surface area (Å²) in [5.41, 5.74) is 1.09. The molecule has 0 spiro atoms. The van der Waals surface area contributed by atoms with Crippen LogP contribution in [0.15, 0.2) is 36.4 Å². The first kappa shape index (κ1) is 12.4. The van der Waals surface area contributed by atoms with Crippen molar-refractivity contribution in [2.75, 3.05) is 7.11 Å². The van der Waals surface area contributed by atoms with Crippen molar-refractivity contribution < 1.29 is 9.53 Å². The topological polar surface area (TPSA) is 38.3 Å². The zero-order chi connectivity index (χ0) is 13.1. The molecule has 1 unspecified atom stereocenters. The normalized spacial score (nSPS) is 12.2. The first-order chi connectivity index (χ1) is 8.60. The second-order valence-corrected chi connectivity index (χ2v) is 4.39. The van der Waals surface area contributed by atoms with Gasteiger partial charge in [0.15, 0.2) is 0 Å². The Hall–Kier alpha value is -2.03. The zero-order valence-electron chi connectivity index (χ0n) is 10.9. The van der Waals surface area contributed by atoms with Crippen LogP contribution >= 0.6 is 0 Å². The van der Waals surface area contributed by atoms with E-state index in [1.165, 1.54) is 6.92 Å². The van der Waals surface area contributed by atoms with E-state index >= 15 is 0 Å². The van der Waals surface area contributed by atoms with Crippen LogP contribution < -0.4 is 10.1 Å². The molecule has 2 rings (SSSR count). The van der Waals surface area contributed by atoms with E-state index in [1.807, 2.05) is 31.2 Å². The summed E-state index contributed by atoms with van der Waals surface area (Å²) in [6.45, 7) is 3.50. The van der Waals surface area contributed by atoms with Gasteiger partial charge in [0.25, 0.3) is 0 Å². The fraction of sp³-hybridized carbons (Fsp3) is 0.267. The van der Waals surface area contributed by atoms with Gasteiger partial charge in [-0.2, -0.15) is 0 Å². The predicted molar refractivity (Wildman–Crippen MR) is 72.7 cm³/mol. The molecule has 0 fully saturated rings. The lowest BCUT2D eigenvalue weighted by atomic mass is 10.0. The number of hydrogen-bond donors (Lipinski definition) is 1. The highest BCUT2D eigenvalue weighted by Crippen LogP contribution is 2.24. The Labute approximate surface area is 107 Å². The molecule has 0 aromatic heterocycles. The van der Waals surface area contributed by atoms with Gasteiger partial charge in [0, 0.05) is 6.92 Å². The van der Waals surface area contributed by atoms with Crippen molar-refractivity contribution in [3.8, 4) is 5.75 Å². The highest BCUT2D eigenvalue weighted by atomic mass is 16.5. The Bertz CT molecular complexity index is 578. The van der Waals surface area contributed by atoms with E-state index in [9.17, 15) is 4.79 Å². The summed E-state index contributed by atoms with van der Waals surface area (Å²) >= 11 is 0. The van der Waals surface area contributed by atoms with Crippen LogP contribution in [0.1, 0.15) is 25.5 Å². The summed E-state index contributed by atoms with van der Waals surface area (Å²) in [5.74, 6) is 0.820. The molecule has 0 bridgehead atoms. The molecule has 0 aliphatic carbocycles. The number of methoxy groups -OCH3 is 1. The first-order valence-electron chi connectivity index (χ1n) is 5.95. The summed E-state index contributed by atoms with van der Waals surface area (Å²) in [7, 11) is 1.66. The maximum Gasteiger partial charge on any atom is 0.217 e. The van der Waals surface area contributed by atoms with Crippen LogP contribution in [0.25, 0.3) is 10.8 Å². The SMILES string of the molecule is COc1ccc2ccc(C(C)NC(C)=O)cc2c1. The van der Waals surface area contributed by atoms with Crippen LogP contribution in [0.3, 0.4) is 0 Å². The van der Waals surface area contributed by atoms with Gasteiger partial charge in [-0.1, -0.05) is 18.2 Å². The summed E-state index contributed by atoms with van der Waals surface area (Å²) in [6, 6.07) is 12.2. The van der Waals surface area contributed by atoms with Crippen LogP contribution in [0, 0.1) is 0 Å². The molecule has 0 aliphatic heterocycles. The molecule has 1 atom stereocenters. The average Bonchev–Trinajstić information content (AvgIpc) is 2.36.